The Morgan fingerprint density at radius 3 is 2.53 bits per heavy atom. The number of ether oxygens (including phenoxy) is 1. The van der Waals surface area contributed by atoms with E-state index in [1.54, 1.807) is 52.8 Å². The lowest BCUT2D eigenvalue weighted by Crippen LogP contribution is -2.28. The van der Waals surface area contributed by atoms with Crippen LogP contribution in [-0.4, -0.2) is 56.7 Å². The number of anilines is 2. The molecule has 3 heterocycles. The Bertz CT molecular complexity index is 1600. The van der Waals surface area contributed by atoms with Gasteiger partial charge in [0.1, 0.15) is 0 Å². The summed E-state index contributed by atoms with van der Waals surface area (Å²) < 4.78 is 39.7. The van der Waals surface area contributed by atoms with Crippen molar-refractivity contribution < 1.29 is 18.1 Å². The fourth-order valence-electron chi connectivity index (χ4n) is 4.22. The average Bonchev–Trinajstić information content (AvgIpc) is 3.46. The molecule has 2 aromatic carbocycles. The predicted molar refractivity (Wildman–Crippen MR) is 141 cm³/mol. The van der Waals surface area contributed by atoms with Gasteiger partial charge in [-0.2, -0.15) is 0 Å². The molecule has 11 nitrogen and oxygen atoms in total. The Morgan fingerprint density at radius 1 is 1.08 bits per heavy atom. The summed E-state index contributed by atoms with van der Waals surface area (Å²) in [5.41, 5.74) is 1.96. The fraction of sp³-hybridized carbons (Fsp3) is 0.200. The molecule has 0 saturated carbocycles. The van der Waals surface area contributed by atoms with Crippen molar-refractivity contribution in [3.63, 3.8) is 0 Å². The zero-order valence-corrected chi connectivity index (χ0v) is 21.6. The second kappa shape index (κ2) is 10.1. The van der Waals surface area contributed by atoms with Gasteiger partial charge in [0, 0.05) is 31.4 Å². The third-order valence-corrected chi connectivity index (χ3v) is 7.63. The van der Waals surface area contributed by atoms with Gasteiger partial charge in [-0.05, 0) is 42.0 Å². The summed E-state index contributed by atoms with van der Waals surface area (Å²) >= 11 is -1.76. The molecule has 1 unspecified atom stereocenters. The molecule has 13 heteroatoms. The van der Waals surface area contributed by atoms with Crippen LogP contribution < -0.4 is 24.4 Å². The van der Waals surface area contributed by atoms with Crippen LogP contribution in [-0.2, 0) is 18.2 Å². The number of hydrogen-bond donors (Lipinski definition) is 1. The Morgan fingerprint density at radius 2 is 1.82 bits per heavy atom. The standard InChI is InChI=1S/C25H24FN7O4S/c1-27-23(34)17-5-4-6-19(15-17)31-13-14-32(38(31)36)22-21(26)20(11-12-28-22)16-7-9-18(10-8-16)33-24(37-3)29-30(2)25(33)35/h4-12,15H,13-14H2,1-3H3,(H,27,34). The van der Waals surface area contributed by atoms with E-state index in [2.05, 4.69) is 15.4 Å². The Kier molecular flexibility index (Phi) is 6.68. The Hall–Kier alpha value is -4.52. The molecular weight excluding hydrogens is 513 g/mol. The van der Waals surface area contributed by atoms with Crippen molar-refractivity contribution >= 4 is 28.6 Å². The maximum atomic E-state index is 15.7. The second-order valence-corrected chi connectivity index (χ2v) is 9.68. The molecule has 38 heavy (non-hydrogen) atoms. The maximum Gasteiger partial charge on any atom is 0.353 e. The first-order valence-electron chi connectivity index (χ1n) is 11.6. The molecule has 4 aromatic rings. The molecule has 1 fully saturated rings. The highest BCUT2D eigenvalue weighted by atomic mass is 32.2. The van der Waals surface area contributed by atoms with E-state index in [1.165, 1.54) is 42.3 Å². The van der Waals surface area contributed by atoms with Gasteiger partial charge in [0.2, 0.25) is 11.2 Å². The molecule has 1 N–H and O–H groups in total. The van der Waals surface area contributed by atoms with E-state index < -0.39 is 17.0 Å². The fourth-order valence-corrected chi connectivity index (χ4v) is 5.50. The summed E-state index contributed by atoms with van der Waals surface area (Å²) in [5, 5.41) is 6.59. The lowest BCUT2D eigenvalue weighted by molar-refractivity contribution is 0.0963. The summed E-state index contributed by atoms with van der Waals surface area (Å²) in [6.45, 7) is 0.623. The molecule has 1 aliphatic rings. The first kappa shape index (κ1) is 25.1. The van der Waals surface area contributed by atoms with Gasteiger partial charge in [0.05, 0.1) is 31.6 Å². The zero-order chi connectivity index (χ0) is 27.0. The third kappa shape index (κ3) is 4.30. The molecule has 1 saturated heterocycles. The number of rotatable bonds is 6. The van der Waals surface area contributed by atoms with Crippen LogP contribution in [0, 0.1) is 5.82 Å². The van der Waals surface area contributed by atoms with Crippen molar-refractivity contribution in [3.05, 3.63) is 82.7 Å². The van der Waals surface area contributed by atoms with Gasteiger partial charge in [-0.15, -0.1) is 5.10 Å². The van der Waals surface area contributed by atoms with Crippen molar-refractivity contribution in [3.8, 4) is 22.8 Å². The highest BCUT2D eigenvalue weighted by Crippen LogP contribution is 2.33. The van der Waals surface area contributed by atoms with Crippen LogP contribution in [0.15, 0.2) is 65.6 Å². The normalized spacial score (nSPS) is 15.1. The highest BCUT2D eigenvalue weighted by molar-refractivity contribution is 7.88. The molecule has 0 bridgehead atoms. The van der Waals surface area contributed by atoms with E-state index in [9.17, 15) is 13.8 Å². The smallest absolute Gasteiger partial charge is 0.353 e. The van der Waals surface area contributed by atoms with Crippen LogP contribution >= 0.6 is 0 Å². The van der Waals surface area contributed by atoms with Gasteiger partial charge in [0.25, 0.3) is 5.91 Å². The minimum Gasteiger partial charge on any atom is -0.467 e. The number of hydrogen-bond acceptors (Lipinski definition) is 6. The molecule has 2 aromatic heterocycles. The molecule has 5 rings (SSSR count). The number of aryl methyl sites for hydroxylation is 1. The van der Waals surface area contributed by atoms with Crippen molar-refractivity contribution in [2.24, 2.45) is 7.05 Å². The molecule has 1 aliphatic heterocycles. The summed E-state index contributed by atoms with van der Waals surface area (Å²) in [6.07, 6.45) is 1.46. The van der Waals surface area contributed by atoms with Crippen LogP contribution in [0.4, 0.5) is 15.9 Å². The number of benzene rings is 2. The monoisotopic (exact) mass is 537 g/mol. The van der Waals surface area contributed by atoms with Gasteiger partial charge < -0.3 is 10.1 Å². The van der Waals surface area contributed by atoms with Crippen molar-refractivity contribution in [1.29, 1.82) is 0 Å². The molecule has 0 spiro atoms. The first-order valence-corrected chi connectivity index (χ1v) is 12.6. The zero-order valence-electron chi connectivity index (χ0n) is 20.8. The minimum absolute atomic E-state index is 0.0417. The van der Waals surface area contributed by atoms with Crippen LogP contribution in [0.5, 0.6) is 6.01 Å². The number of halogens is 1. The van der Waals surface area contributed by atoms with Gasteiger partial charge in [-0.25, -0.2) is 27.6 Å². The van der Waals surface area contributed by atoms with E-state index in [4.69, 9.17) is 4.74 Å². The summed E-state index contributed by atoms with van der Waals surface area (Å²) in [5.74, 6) is -0.919. The van der Waals surface area contributed by atoms with E-state index in [0.29, 0.717) is 29.0 Å². The van der Waals surface area contributed by atoms with Gasteiger partial charge >= 0.3 is 11.7 Å². The molecule has 1 atom stereocenters. The lowest BCUT2D eigenvalue weighted by Gasteiger charge is -2.20. The average molecular weight is 538 g/mol. The van der Waals surface area contributed by atoms with E-state index in [1.807, 2.05) is 0 Å². The molecule has 0 aliphatic carbocycles. The van der Waals surface area contributed by atoms with Gasteiger partial charge in [-0.1, -0.05) is 18.2 Å². The SMILES string of the molecule is CNC(=O)c1cccc(N2CCN(c3nccc(-c4ccc(-n5c(OC)nn(C)c5=O)cc4)c3F)S2=O)c1. The van der Waals surface area contributed by atoms with Crippen LogP contribution in [0.3, 0.4) is 0 Å². The van der Waals surface area contributed by atoms with Gasteiger partial charge in [-0.3, -0.25) is 13.4 Å². The number of carbonyl (C=O) groups is 1. The second-order valence-electron chi connectivity index (χ2n) is 8.34. The third-order valence-electron chi connectivity index (χ3n) is 6.13. The highest BCUT2D eigenvalue weighted by Gasteiger charge is 2.33. The number of methoxy groups -OCH3 is 1. The van der Waals surface area contributed by atoms with Crippen LogP contribution in [0.1, 0.15) is 10.4 Å². The van der Waals surface area contributed by atoms with E-state index in [-0.39, 0.29) is 35.5 Å². The van der Waals surface area contributed by atoms with Crippen LogP contribution in [0.2, 0.25) is 0 Å². The number of nitrogens with zero attached hydrogens (tertiary/aromatic N) is 6. The number of pyridine rings is 1. The summed E-state index contributed by atoms with van der Waals surface area (Å²) in [4.78, 5) is 28.6. The Labute approximate surface area is 219 Å². The number of carbonyl (C=O) groups excluding carboxylic acids is 1. The molecular formula is C25H24FN7O4S. The molecule has 0 radical (unpaired) electrons. The quantitative estimate of drug-likeness (QED) is 0.403. The number of nitrogens with one attached hydrogen (secondary N) is 1. The van der Waals surface area contributed by atoms with E-state index in [0.717, 1.165) is 4.68 Å². The van der Waals surface area contributed by atoms with Crippen molar-refractivity contribution in [2.75, 3.05) is 35.9 Å². The Balaban J connectivity index is 1.43. The topological polar surface area (TPSA) is 115 Å². The van der Waals surface area contributed by atoms with Crippen molar-refractivity contribution in [2.45, 2.75) is 0 Å². The van der Waals surface area contributed by atoms with Crippen molar-refractivity contribution in [1.82, 2.24) is 24.6 Å². The minimum atomic E-state index is -1.76. The van der Waals surface area contributed by atoms with Gasteiger partial charge in [0.15, 0.2) is 11.6 Å². The lowest BCUT2D eigenvalue weighted by atomic mass is 10.1. The van der Waals surface area contributed by atoms with E-state index >= 15 is 4.39 Å². The molecule has 1 amide bonds. The summed E-state index contributed by atoms with van der Waals surface area (Å²) in [7, 11) is 4.48. The summed E-state index contributed by atoms with van der Waals surface area (Å²) in [6, 6.07) is 15.1. The maximum absolute atomic E-state index is 15.7. The molecule has 196 valence electrons. The largest absolute Gasteiger partial charge is 0.467 e. The number of amides is 1. The van der Waals surface area contributed by atoms with Crippen LogP contribution in [0.25, 0.3) is 16.8 Å². The predicted octanol–water partition coefficient (Wildman–Crippen LogP) is 2.05. The number of aromatic nitrogens is 4. The first-order chi connectivity index (χ1) is 18.3.